The largest absolute Gasteiger partial charge is 0.207 e. The molecule has 0 saturated heterocycles. The topological polar surface area (TPSA) is 0 Å². The molecule has 0 N–H and O–H groups in total. The Bertz CT molecular complexity index is 1020. The molecule has 1 saturated carbocycles. The number of rotatable bonds is 5. The molecule has 0 amide bonds. The second kappa shape index (κ2) is 9.30. The minimum atomic E-state index is -0.684. The van der Waals surface area contributed by atoms with Crippen molar-refractivity contribution in [3.63, 3.8) is 0 Å². The summed E-state index contributed by atoms with van der Waals surface area (Å²) in [4.78, 5) is 0. The zero-order valence-electron chi connectivity index (χ0n) is 18.2. The number of aryl methyl sites for hydroxylation is 1. The quantitative estimate of drug-likeness (QED) is 0.385. The summed E-state index contributed by atoms with van der Waals surface area (Å²) in [7, 11) is 0. The summed E-state index contributed by atoms with van der Waals surface area (Å²) in [6.45, 7) is 3.87. The number of benzene rings is 3. The van der Waals surface area contributed by atoms with Crippen LogP contribution in [0.3, 0.4) is 0 Å². The normalized spacial score (nSPS) is 18.9. The van der Waals surface area contributed by atoms with Gasteiger partial charge in [-0.3, -0.25) is 0 Å². The molecule has 0 aliphatic heterocycles. The van der Waals surface area contributed by atoms with Gasteiger partial charge in [0.1, 0.15) is 17.5 Å². The van der Waals surface area contributed by atoms with E-state index >= 15 is 0 Å². The summed E-state index contributed by atoms with van der Waals surface area (Å²) in [5.74, 6) is -0.394. The van der Waals surface area contributed by atoms with E-state index in [0.717, 1.165) is 11.5 Å². The fourth-order valence-corrected chi connectivity index (χ4v) is 4.90. The SMILES string of the molecule is CCCC1CCC(c2ccc(-c3cc(F)c(-c4ccc(C)c(F)c4)c(F)c3)cc2)CC1. The molecule has 0 aromatic heterocycles. The molecule has 4 rings (SSSR count). The van der Waals surface area contributed by atoms with Gasteiger partial charge in [0.05, 0.1) is 5.56 Å². The molecular weight excluding hydrogens is 393 g/mol. The lowest BCUT2D eigenvalue weighted by Crippen LogP contribution is -2.13. The van der Waals surface area contributed by atoms with Crippen molar-refractivity contribution in [2.24, 2.45) is 5.92 Å². The lowest BCUT2D eigenvalue weighted by molar-refractivity contribution is 0.308. The highest BCUT2D eigenvalue weighted by atomic mass is 19.1. The molecule has 0 heterocycles. The van der Waals surface area contributed by atoms with E-state index in [1.807, 2.05) is 12.1 Å². The zero-order chi connectivity index (χ0) is 22.0. The zero-order valence-corrected chi connectivity index (χ0v) is 18.2. The molecule has 0 spiro atoms. The molecule has 0 unspecified atom stereocenters. The fraction of sp³-hybridized carbons (Fsp3) is 0.357. The minimum Gasteiger partial charge on any atom is -0.207 e. The number of halogens is 3. The van der Waals surface area contributed by atoms with E-state index < -0.39 is 17.5 Å². The van der Waals surface area contributed by atoms with Crippen LogP contribution in [0.1, 0.15) is 62.5 Å². The third kappa shape index (κ3) is 4.71. The Hall–Kier alpha value is -2.55. The Balaban J connectivity index is 1.54. The van der Waals surface area contributed by atoms with Gasteiger partial charge in [0, 0.05) is 0 Å². The highest BCUT2D eigenvalue weighted by Gasteiger charge is 2.22. The monoisotopic (exact) mass is 422 g/mol. The molecule has 0 atom stereocenters. The van der Waals surface area contributed by atoms with Crippen molar-refractivity contribution in [1.82, 2.24) is 0 Å². The van der Waals surface area contributed by atoms with Crippen LogP contribution < -0.4 is 0 Å². The maximum Gasteiger partial charge on any atom is 0.134 e. The molecule has 3 heteroatoms. The Kier molecular flexibility index (Phi) is 6.50. The van der Waals surface area contributed by atoms with Crippen molar-refractivity contribution < 1.29 is 13.2 Å². The Morgan fingerprint density at radius 3 is 1.87 bits per heavy atom. The Morgan fingerprint density at radius 1 is 0.710 bits per heavy atom. The van der Waals surface area contributed by atoms with E-state index in [-0.39, 0.29) is 11.1 Å². The van der Waals surface area contributed by atoms with Gasteiger partial charge in [-0.25, -0.2) is 13.2 Å². The van der Waals surface area contributed by atoms with Crippen molar-refractivity contribution in [3.05, 3.63) is 83.2 Å². The maximum absolute atomic E-state index is 14.8. The molecule has 1 aliphatic carbocycles. The van der Waals surface area contributed by atoms with Crippen LogP contribution in [0, 0.1) is 30.3 Å². The van der Waals surface area contributed by atoms with Gasteiger partial charge < -0.3 is 0 Å². The first-order valence-corrected chi connectivity index (χ1v) is 11.3. The van der Waals surface area contributed by atoms with Crippen molar-refractivity contribution in [3.8, 4) is 22.3 Å². The average Bonchev–Trinajstić information content (AvgIpc) is 2.76. The molecule has 1 fully saturated rings. The third-order valence-electron chi connectivity index (χ3n) is 6.76. The summed E-state index contributed by atoms with van der Waals surface area (Å²) < 4.78 is 43.5. The Labute approximate surface area is 183 Å². The standard InChI is InChI=1S/C28H29F3/c1-3-4-19-6-9-20(10-7-19)21-11-13-22(14-12-21)24-16-26(30)28(27(31)17-24)23-8-5-18(2)25(29)15-23/h5,8,11-17,19-20H,3-4,6-7,9-10H2,1-2H3. The summed E-state index contributed by atoms with van der Waals surface area (Å²) in [5, 5.41) is 0. The van der Waals surface area contributed by atoms with Crippen LogP contribution in [0.2, 0.25) is 0 Å². The lowest BCUT2D eigenvalue weighted by Gasteiger charge is -2.28. The molecule has 0 bridgehead atoms. The van der Waals surface area contributed by atoms with Gasteiger partial charge in [0.15, 0.2) is 0 Å². The molecular formula is C28H29F3. The van der Waals surface area contributed by atoms with Crippen LogP contribution in [0.25, 0.3) is 22.3 Å². The average molecular weight is 423 g/mol. The van der Waals surface area contributed by atoms with Crippen LogP contribution in [0.4, 0.5) is 13.2 Å². The summed E-state index contributed by atoms with van der Waals surface area (Å²) in [6.07, 6.45) is 7.60. The molecule has 162 valence electrons. The lowest BCUT2D eigenvalue weighted by atomic mass is 9.77. The van der Waals surface area contributed by atoms with Gasteiger partial charge in [-0.2, -0.15) is 0 Å². The van der Waals surface area contributed by atoms with Crippen molar-refractivity contribution in [2.45, 2.75) is 58.3 Å². The number of hydrogen-bond acceptors (Lipinski definition) is 0. The van der Waals surface area contributed by atoms with Crippen LogP contribution in [-0.4, -0.2) is 0 Å². The van der Waals surface area contributed by atoms with Gasteiger partial charge in [-0.05, 0) is 90.5 Å². The van der Waals surface area contributed by atoms with E-state index in [1.165, 1.54) is 68.4 Å². The number of hydrogen-bond donors (Lipinski definition) is 0. The summed E-state index contributed by atoms with van der Waals surface area (Å²) in [5.41, 5.74) is 3.04. The van der Waals surface area contributed by atoms with E-state index in [1.54, 1.807) is 13.0 Å². The second-order valence-electron chi connectivity index (χ2n) is 8.91. The summed E-state index contributed by atoms with van der Waals surface area (Å²) in [6, 6.07) is 15.0. The highest BCUT2D eigenvalue weighted by Crippen LogP contribution is 2.38. The van der Waals surface area contributed by atoms with E-state index in [4.69, 9.17) is 0 Å². The molecule has 0 nitrogen and oxygen atoms in total. The molecule has 3 aromatic carbocycles. The van der Waals surface area contributed by atoms with E-state index in [9.17, 15) is 13.2 Å². The van der Waals surface area contributed by atoms with Crippen LogP contribution in [0.15, 0.2) is 54.6 Å². The summed E-state index contributed by atoms with van der Waals surface area (Å²) >= 11 is 0. The van der Waals surface area contributed by atoms with Crippen LogP contribution in [-0.2, 0) is 0 Å². The molecule has 1 aliphatic rings. The van der Waals surface area contributed by atoms with Crippen molar-refractivity contribution in [1.29, 1.82) is 0 Å². The van der Waals surface area contributed by atoms with Crippen molar-refractivity contribution >= 4 is 0 Å². The molecule has 0 radical (unpaired) electrons. The first kappa shape index (κ1) is 21.7. The van der Waals surface area contributed by atoms with Crippen LogP contribution >= 0.6 is 0 Å². The minimum absolute atomic E-state index is 0.192. The van der Waals surface area contributed by atoms with Gasteiger partial charge >= 0.3 is 0 Å². The molecule has 31 heavy (non-hydrogen) atoms. The Morgan fingerprint density at radius 2 is 1.29 bits per heavy atom. The smallest absolute Gasteiger partial charge is 0.134 e. The third-order valence-corrected chi connectivity index (χ3v) is 6.76. The molecule has 3 aromatic rings. The van der Waals surface area contributed by atoms with Gasteiger partial charge in [-0.15, -0.1) is 0 Å². The maximum atomic E-state index is 14.8. The predicted octanol–water partition coefficient (Wildman–Crippen LogP) is 8.82. The van der Waals surface area contributed by atoms with Crippen molar-refractivity contribution in [2.75, 3.05) is 0 Å². The first-order valence-electron chi connectivity index (χ1n) is 11.3. The van der Waals surface area contributed by atoms with Gasteiger partial charge in [0.2, 0.25) is 0 Å². The predicted molar refractivity (Wildman–Crippen MR) is 122 cm³/mol. The first-order chi connectivity index (χ1) is 15.0. The van der Waals surface area contributed by atoms with E-state index in [0.29, 0.717) is 17.0 Å². The van der Waals surface area contributed by atoms with Gasteiger partial charge in [0.25, 0.3) is 0 Å². The van der Waals surface area contributed by atoms with Gasteiger partial charge in [-0.1, -0.05) is 56.2 Å². The van der Waals surface area contributed by atoms with E-state index in [2.05, 4.69) is 19.1 Å². The second-order valence-corrected chi connectivity index (χ2v) is 8.91. The highest BCUT2D eigenvalue weighted by molar-refractivity contribution is 5.72. The van der Waals surface area contributed by atoms with Crippen LogP contribution in [0.5, 0.6) is 0 Å². The fourth-order valence-electron chi connectivity index (χ4n) is 4.90.